The molecule has 3 fully saturated rings. The fourth-order valence-corrected chi connectivity index (χ4v) is 7.24. The number of carboxylic acids is 1. The van der Waals surface area contributed by atoms with Gasteiger partial charge in [0.1, 0.15) is 12.4 Å². The molecular weight excluding hydrogens is 516 g/mol. The van der Waals surface area contributed by atoms with Gasteiger partial charge in [-0.15, -0.1) is 0 Å². The van der Waals surface area contributed by atoms with Crippen LogP contribution in [-0.2, 0) is 29.1 Å². The largest absolute Gasteiger partial charge is 0.488 e. The van der Waals surface area contributed by atoms with Gasteiger partial charge in [0.2, 0.25) is 5.95 Å². The predicted molar refractivity (Wildman–Crippen MR) is 156 cm³/mol. The molecule has 0 unspecified atom stereocenters. The van der Waals surface area contributed by atoms with Crippen LogP contribution in [-0.4, -0.2) is 64.8 Å². The molecule has 214 valence electrons. The average molecular weight is 555 g/mol. The lowest BCUT2D eigenvalue weighted by Crippen LogP contribution is -2.42. The highest BCUT2D eigenvalue weighted by Gasteiger charge is 2.65. The van der Waals surface area contributed by atoms with Crippen molar-refractivity contribution in [2.45, 2.75) is 58.7 Å². The fraction of sp³-hybridized carbons (Fsp3) is 0.485. The van der Waals surface area contributed by atoms with E-state index in [1.807, 2.05) is 23.1 Å². The number of fused-ring (bicyclic) bond motifs is 2. The summed E-state index contributed by atoms with van der Waals surface area (Å²) in [5, 5.41) is 9.69. The van der Waals surface area contributed by atoms with E-state index in [-0.39, 0.29) is 5.92 Å². The van der Waals surface area contributed by atoms with Gasteiger partial charge in [0.05, 0.1) is 11.1 Å². The number of benzene rings is 2. The summed E-state index contributed by atoms with van der Waals surface area (Å²) in [7, 11) is 0. The first-order valence-electron chi connectivity index (χ1n) is 14.9. The van der Waals surface area contributed by atoms with Crippen molar-refractivity contribution in [1.29, 1.82) is 0 Å². The fourth-order valence-electron chi connectivity index (χ4n) is 7.24. The van der Waals surface area contributed by atoms with Gasteiger partial charge < -0.3 is 19.5 Å². The van der Waals surface area contributed by atoms with Crippen molar-refractivity contribution in [3.63, 3.8) is 0 Å². The van der Waals surface area contributed by atoms with Crippen LogP contribution in [0.15, 0.2) is 42.6 Å². The summed E-state index contributed by atoms with van der Waals surface area (Å²) in [6.07, 6.45) is 5.86. The highest BCUT2D eigenvalue weighted by Crippen LogP contribution is 2.58. The van der Waals surface area contributed by atoms with E-state index in [0.717, 1.165) is 74.6 Å². The maximum Gasteiger partial charge on any atom is 0.311 e. The third kappa shape index (κ3) is 4.77. The number of aromatic nitrogens is 2. The molecule has 0 bridgehead atoms. The number of nitrogens with zero attached hydrogens (tertiary/aromatic N) is 4. The Morgan fingerprint density at radius 2 is 2.02 bits per heavy atom. The average Bonchev–Trinajstić information content (AvgIpc) is 3.58. The molecule has 8 heteroatoms. The van der Waals surface area contributed by atoms with Gasteiger partial charge in [-0.1, -0.05) is 24.3 Å². The van der Waals surface area contributed by atoms with Gasteiger partial charge in [-0.05, 0) is 85.4 Å². The summed E-state index contributed by atoms with van der Waals surface area (Å²) < 4.78 is 12.1. The summed E-state index contributed by atoms with van der Waals surface area (Å²) in [5.74, 6) is 0.897. The molecular formula is C33H38N4O4. The number of hydrogen-bond donors (Lipinski definition) is 1. The smallest absolute Gasteiger partial charge is 0.311 e. The lowest BCUT2D eigenvalue weighted by atomic mass is 9.90. The van der Waals surface area contributed by atoms with Crippen LogP contribution in [0.2, 0.25) is 0 Å². The third-order valence-electron chi connectivity index (χ3n) is 9.89. The normalized spacial score (nSPS) is 24.1. The zero-order valence-electron chi connectivity index (χ0n) is 23.9. The molecule has 7 rings (SSSR count). The molecule has 8 nitrogen and oxygen atoms in total. The maximum absolute atomic E-state index is 11.8. The molecule has 2 atom stereocenters. The lowest BCUT2D eigenvalue weighted by Gasteiger charge is -2.38. The lowest BCUT2D eigenvalue weighted by molar-refractivity contribution is -0.143. The van der Waals surface area contributed by atoms with Crippen molar-refractivity contribution in [2.24, 2.45) is 11.3 Å². The second kappa shape index (κ2) is 10.4. The molecule has 3 aromatic rings. The van der Waals surface area contributed by atoms with Crippen LogP contribution in [0.3, 0.4) is 0 Å². The molecule has 0 spiro atoms. The summed E-state index contributed by atoms with van der Waals surface area (Å²) in [5.41, 5.74) is 7.62. The van der Waals surface area contributed by atoms with Gasteiger partial charge in [-0.3, -0.25) is 9.69 Å². The van der Waals surface area contributed by atoms with Gasteiger partial charge in [0.25, 0.3) is 0 Å². The van der Waals surface area contributed by atoms with Crippen LogP contribution in [0.5, 0.6) is 5.75 Å². The number of para-hydroxylation sites is 1. The Bertz CT molecular complexity index is 1490. The zero-order chi connectivity index (χ0) is 28.1. The molecule has 4 aliphatic rings. The second-order valence-electron chi connectivity index (χ2n) is 12.3. The Balaban J connectivity index is 1.09. The van der Waals surface area contributed by atoms with Gasteiger partial charge in [-0.2, -0.15) is 0 Å². The van der Waals surface area contributed by atoms with Crippen molar-refractivity contribution < 1.29 is 19.4 Å². The first kappa shape index (κ1) is 26.4. The van der Waals surface area contributed by atoms with E-state index in [1.165, 1.54) is 22.3 Å². The minimum absolute atomic E-state index is 0.190. The Morgan fingerprint density at radius 1 is 1.17 bits per heavy atom. The van der Waals surface area contributed by atoms with Gasteiger partial charge >= 0.3 is 5.97 Å². The Morgan fingerprint density at radius 3 is 2.83 bits per heavy atom. The van der Waals surface area contributed by atoms with Crippen LogP contribution in [0, 0.1) is 25.2 Å². The highest BCUT2D eigenvalue weighted by molar-refractivity contribution is 5.81. The molecule has 41 heavy (non-hydrogen) atoms. The van der Waals surface area contributed by atoms with Gasteiger partial charge in [0.15, 0.2) is 0 Å². The molecule has 2 aromatic carbocycles. The van der Waals surface area contributed by atoms with E-state index in [4.69, 9.17) is 14.5 Å². The first-order valence-corrected chi connectivity index (χ1v) is 14.9. The maximum atomic E-state index is 11.8. The highest BCUT2D eigenvalue weighted by atomic mass is 16.5. The second-order valence-corrected chi connectivity index (χ2v) is 12.3. The molecule has 4 heterocycles. The molecule has 3 aliphatic heterocycles. The van der Waals surface area contributed by atoms with Crippen LogP contribution in [0.25, 0.3) is 11.3 Å². The van der Waals surface area contributed by atoms with Crippen molar-refractivity contribution >= 4 is 11.9 Å². The standard InChI is InChI=1S/C33H38N4O4/c1-21-4-3-5-28(29-8-12-34-32(35-29)37-18-25-16-33(25,20-37)31(38)39)30(21)41-19-24-7-6-23-17-36(13-9-27(23)22(24)2)26-10-14-40-15-11-26/h3-8,12,25-26H,9-11,13-20H2,1-2H3,(H,38,39)/t25-,33-/m0/s1. The summed E-state index contributed by atoms with van der Waals surface area (Å²) >= 11 is 0. The van der Waals surface area contributed by atoms with Gasteiger partial charge in [-0.25, -0.2) is 9.97 Å². The van der Waals surface area contributed by atoms with E-state index >= 15 is 0 Å². The van der Waals surface area contributed by atoms with Crippen LogP contribution in [0.4, 0.5) is 5.95 Å². The molecule has 1 aromatic heterocycles. The van der Waals surface area contributed by atoms with Crippen molar-refractivity contribution in [2.75, 3.05) is 37.7 Å². The summed E-state index contributed by atoms with van der Waals surface area (Å²) in [6, 6.07) is 13.2. The molecule has 2 saturated heterocycles. The Kier molecular flexibility index (Phi) is 6.70. The zero-order valence-corrected chi connectivity index (χ0v) is 23.9. The van der Waals surface area contributed by atoms with E-state index < -0.39 is 11.4 Å². The van der Waals surface area contributed by atoms with Crippen molar-refractivity contribution in [3.8, 4) is 17.0 Å². The number of rotatable bonds is 7. The van der Waals surface area contributed by atoms with Crippen molar-refractivity contribution in [1.82, 2.24) is 14.9 Å². The number of ether oxygens (including phenoxy) is 2. The molecule has 0 amide bonds. The number of carboxylic acid groups (broad SMARTS) is 1. The van der Waals surface area contributed by atoms with Crippen LogP contribution >= 0.6 is 0 Å². The monoisotopic (exact) mass is 554 g/mol. The SMILES string of the molecule is Cc1cccc(-c2ccnc(N3C[C@@H]4C[C@]4(C(=O)O)C3)n2)c1OCc1ccc2c(c1C)CCN(C1CCOCC1)C2. The van der Waals surface area contributed by atoms with E-state index in [0.29, 0.717) is 31.7 Å². The summed E-state index contributed by atoms with van der Waals surface area (Å²) in [6.45, 7) is 9.84. The number of anilines is 1. The van der Waals surface area contributed by atoms with E-state index in [1.54, 1.807) is 6.20 Å². The quantitative estimate of drug-likeness (QED) is 0.446. The third-order valence-corrected chi connectivity index (χ3v) is 9.89. The van der Waals surface area contributed by atoms with Gasteiger partial charge in [0, 0.05) is 57.2 Å². The summed E-state index contributed by atoms with van der Waals surface area (Å²) in [4.78, 5) is 25.8. The van der Waals surface area contributed by atoms with Crippen molar-refractivity contribution in [3.05, 3.63) is 70.4 Å². The number of piperidine rings is 1. The van der Waals surface area contributed by atoms with E-state index in [9.17, 15) is 9.90 Å². The number of aliphatic carboxylic acids is 1. The topological polar surface area (TPSA) is 88.0 Å². The van der Waals surface area contributed by atoms with Crippen LogP contribution in [0.1, 0.15) is 47.1 Å². The minimum Gasteiger partial charge on any atom is -0.488 e. The van der Waals surface area contributed by atoms with E-state index in [2.05, 4.69) is 41.9 Å². The predicted octanol–water partition coefficient (Wildman–Crippen LogP) is 4.79. The Labute approximate surface area is 241 Å². The first-order chi connectivity index (χ1) is 19.9. The molecule has 1 saturated carbocycles. The Hall–Kier alpha value is -3.49. The molecule has 1 aliphatic carbocycles. The molecule has 1 N–H and O–H groups in total. The molecule has 0 radical (unpaired) electrons. The number of carbonyl (C=O) groups is 1. The number of aryl methyl sites for hydroxylation is 1. The number of hydrogen-bond acceptors (Lipinski definition) is 7. The van der Waals surface area contributed by atoms with Crippen LogP contribution < -0.4 is 9.64 Å². The minimum atomic E-state index is -0.704.